The Labute approximate surface area is 116 Å². The minimum absolute atomic E-state index is 0.189. The van der Waals surface area contributed by atoms with Gasteiger partial charge in [0.2, 0.25) is 0 Å². The van der Waals surface area contributed by atoms with Crippen molar-refractivity contribution in [3.8, 4) is 5.75 Å². The lowest BCUT2D eigenvalue weighted by Gasteiger charge is -2.25. The number of hydrogen-bond acceptors (Lipinski definition) is 3. The molecule has 108 valence electrons. The fourth-order valence-corrected chi connectivity index (χ4v) is 1.51. The second kappa shape index (κ2) is 7.51. The minimum Gasteiger partial charge on any atom is -0.494 e. The van der Waals surface area contributed by atoms with Crippen molar-refractivity contribution >= 4 is 0 Å². The van der Waals surface area contributed by atoms with E-state index in [1.807, 2.05) is 38.1 Å². The number of rotatable bonds is 8. The van der Waals surface area contributed by atoms with Crippen LogP contribution >= 0.6 is 0 Å². The van der Waals surface area contributed by atoms with Gasteiger partial charge in [0.1, 0.15) is 11.9 Å². The Balaban J connectivity index is 2.50. The maximum absolute atomic E-state index is 10.1. The van der Waals surface area contributed by atoms with Crippen LogP contribution in [-0.4, -0.2) is 23.9 Å². The quantitative estimate of drug-likeness (QED) is 0.779. The molecule has 1 rings (SSSR count). The van der Waals surface area contributed by atoms with E-state index in [9.17, 15) is 5.11 Å². The molecule has 0 amide bonds. The zero-order valence-electron chi connectivity index (χ0n) is 12.5. The van der Waals surface area contributed by atoms with Crippen molar-refractivity contribution < 1.29 is 14.6 Å². The van der Waals surface area contributed by atoms with Gasteiger partial charge in [0.05, 0.1) is 18.8 Å². The summed E-state index contributed by atoms with van der Waals surface area (Å²) in [6.07, 6.45) is 1.32. The zero-order valence-corrected chi connectivity index (χ0v) is 12.5. The SMILES string of the molecule is CCCOc1ccc(C(O)COC(C)(C)CC)cc1. The Morgan fingerprint density at radius 3 is 2.32 bits per heavy atom. The molecule has 0 bridgehead atoms. The highest BCUT2D eigenvalue weighted by molar-refractivity contribution is 5.28. The van der Waals surface area contributed by atoms with Crippen LogP contribution < -0.4 is 4.74 Å². The fourth-order valence-electron chi connectivity index (χ4n) is 1.51. The largest absolute Gasteiger partial charge is 0.494 e. The molecule has 0 fully saturated rings. The standard InChI is InChI=1S/C16H26O3/c1-5-11-18-14-9-7-13(8-10-14)15(17)12-19-16(3,4)6-2/h7-10,15,17H,5-6,11-12H2,1-4H3. The summed E-state index contributed by atoms with van der Waals surface area (Å²) in [5, 5.41) is 10.1. The van der Waals surface area contributed by atoms with Gasteiger partial charge in [-0.2, -0.15) is 0 Å². The topological polar surface area (TPSA) is 38.7 Å². The van der Waals surface area contributed by atoms with Gasteiger partial charge in [-0.3, -0.25) is 0 Å². The number of aliphatic hydroxyl groups excluding tert-OH is 1. The highest BCUT2D eigenvalue weighted by Crippen LogP contribution is 2.21. The van der Waals surface area contributed by atoms with Crippen LogP contribution in [0.4, 0.5) is 0 Å². The van der Waals surface area contributed by atoms with Crippen LogP contribution in [0.5, 0.6) is 5.75 Å². The average Bonchev–Trinajstić information content (AvgIpc) is 2.43. The third-order valence-corrected chi connectivity index (χ3v) is 3.22. The van der Waals surface area contributed by atoms with E-state index in [0.717, 1.165) is 30.8 Å². The Morgan fingerprint density at radius 1 is 1.16 bits per heavy atom. The van der Waals surface area contributed by atoms with E-state index < -0.39 is 6.10 Å². The van der Waals surface area contributed by atoms with Gasteiger partial charge in [0, 0.05) is 0 Å². The molecule has 19 heavy (non-hydrogen) atoms. The molecular weight excluding hydrogens is 240 g/mol. The van der Waals surface area contributed by atoms with Gasteiger partial charge < -0.3 is 14.6 Å². The molecule has 0 saturated carbocycles. The molecule has 1 N–H and O–H groups in total. The Bertz CT molecular complexity index is 357. The van der Waals surface area contributed by atoms with Crippen LogP contribution in [0.15, 0.2) is 24.3 Å². The molecule has 0 aliphatic rings. The molecular formula is C16H26O3. The van der Waals surface area contributed by atoms with E-state index in [2.05, 4.69) is 13.8 Å². The van der Waals surface area contributed by atoms with Crippen molar-refractivity contribution in [3.05, 3.63) is 29.8 Å². The van der Waals surface area contributed by atoms with E-state index >= 15 is 0 Å². The van der Waals surface area contributed by atoms with Gasteiger partial charge in [0.25, 0.3) is 0 Å². The van der Waals surface area contributed by atoms with Gasteiger partial charge in [-0.05, 0) is 44.4 Å². The van der Waals surface area contributed by atoms with E-state index in [0.29, 0.717) is 6.61 Å². The highest BCUT2D eigenvalue weighted by atomic mass is 16.5. The molecule has 1 aromatic carbocycles. The number of hydrogen-bond donors (Lipinski definition) is 1. The lowest BCUT2D eigenvalue weighted by Crippen LogP contribution is -2.25. The molecule has 0 aliphatic carbocycles. The molecule has 1 unspecified atom stereocenters. The second-order valence-corrected chi connectivity index (χ2v) is 5.36. The van der Waals surface area contributed by atoms with Gasteiger partial charge in [-0.15, -0.1) is 0 Å². The van der Waals surface area contributed by atoms with Crippen molar-refractivity contribution in [3.63, 3.8) is 0 Å². The Morgan fingerprint density at radius 2 is 1.79 bits per heavy atom. The molecule has 3 heteroatoms. The van der Waals surface area contributed by atoms with E-state index in [1.54, 1.807) is 0 Å². The van der Waals surface area contributed by atoms with E-state index in [4.69, 9.17) is 9.47 Å². The molecule has 0 heterocycles. The van der Waals surface area contributed by atoms with Crippen LogP contribution in [0.2, 0.25) is 0 Å². The lowest BCUT2D eigenvalue weighted by atomic mass is 10.1. The Hall–Kier alpha value is -1.06. The smallest absolute Gasteiger partial charge is 0.119 e. The summed E-state index contributed by atoms with van der Waals surface area (Å²) < 4.78 is 11.2. The maximum Gasteiger partial charge on any atom is 0.119 e. The first-order valence-electron chi connectivity index (χ1n) is 7.03. The molecule has 0 aromatic heterocycles. The summed E-state index contributed by atoms with van der Waals surface area (Å²) >= 11 is 0. The third-order valence-electron chi connectivity index (χ3n) is 3.22. The molecule has 0 saturated heterocycles. The van der Waals surface area contributed by atoms with Crippen LogP contribution in [0, 0.1) is 0 Å². The lowest BCUT2D eigenvalue weighted by molar-refractivity contribution is -0.0618. The van der Waals surface area contributed by atoms with Gasteiger partial charge >= 0.3 is 0 Å². The number of benzene rings is 1. The number of aliphatic hydroxyl groups is 1. The fraction of sp³-hybridized carbons (Fsp3) is 0.625. The second-order valence-electron chi connectivity index (χ2n) is 5.36. The summed E-state index contributed by atoms with van der Waals surface area (Å²) in [6, 6.07) is 7.55. The molecule has 1 atom stereocenters. The first-order chi connectivity index (χ1) is 8.98. The normalized spacial score (nSPS) is 13.3. The van der Waals surface area contributed by atoms with Crippen molar-refractivity contribution in [2.24, 2.45) is 0 Å². The minimum atomic E-state index is -0.592. The molecule has 3 nitrogen and oxygen atoms in total. The summed E-state index contributed by atoms with van der Waals surface area (Å²) in [4.78, 5) is 0. The van der Waals surface area contributed by atoms with Gasteiger partial charge in [-0.25, -0.2) is 0 Å². The monoisotopic (exact) mass is 266 g/mol. The predicted octanol–water partition coefficient (Wildman–Crippen LogP) is 3.71. The first kappa shape index (κ1) is 16.0. The predicted molar refractivity (Wildman–Crippen MR) is 77.5 cm³/mol. The summed E-state index contributed by atoms with van der Waals surface area (Å²) in [6.45, 7) is 9.24. The highest BCUT2D eigenvalue weighted by Gasteiger charge is 2.18. The third kappa shape index (κ3) is 5.62. The van der Waals surface area contributed by atoms with E-state index in [1.165, 1.54) is 0 Å². The zero-order chi connectivity index (χ0) is 14.3. The van der Waals surface area contributed by atoms with Crippen LogP contribution in [0.25, 0.3) is 0 Å². The van der Waals surface area contributed by atoms with Crippen molar-refractivity contribution in [1.29, 1.82) is 0 Å². The maximum atomic E-state index is 10.1. The average molecular weight is 266 g/mol. The van der Waals surface area contributed by atoms with Crippen molar-refractivity contribution in [2.75, 3.05) is 13.2 Å². The first-order valence-corrected chi connectivity index (χ1v) is 7.03. The van der Waals surface area contributed by atoms with Crippen LogP contribution in [0.1, 0.15) is 52.2 Å². The molecule has 1 aromatic rings. The number of ether oxygens (including phenoxy) is 2. The van der Waals surface area contributed by atoms with Crippen LogP contribution in [0.3, 0.4) is 0 Å². The van der Waals surface area contributed by atoms with E-state index in [-0.39, 0.29) is 5.60 Å². The summed E-state index contributed by atoms with van der Waals surface area (Å²) in [5.41, 5.74) is 0.668. The molecule has 0 aliphatic heterocycles. The van der Waals surface area contributed by atoms with Crippen molar-refractivity contribution in [1.82, 2.24) is 0 Å². The molecule has 0 spiro atoms. The van der Waals surface area contributed by atoms with Gasteiger partial charge in [0.15, 0.2) is 0 Å². The summed E-state index contributed by atoms with van der Waals surface area (Å²) in [5.74, 6) is 0.840. The van der Waals surface area contributed by atoms with Crippen LogP contribution in [-0.2, 0) is 4.74 Å². The molecule has 0 radical (unpaired) electrons. The van der Waals surface area contributed by atoms with Crippen molar-refractivity contribution in [2.45, 2.75) is 52.2 Å². The summed E-state index contributed by atoms with van der Waals surface area (Å²) in [7, 11) is 0. The van der Waals surface area contributed by atoms with Gasteiger partial charge in [-0.1, -0.05) is 26.0 Å². The Kier molecular flexibility index (Phi) is 6.32.